The number of hydroxylamine groups is 2. The third-order valence-corrected chi connectivity index (χ3v) is 4.53. The van der Waals surface area contributed by atoms with Gasteiger partial charge in [0.05, 0.1) is 22.3 Å². The van der Waals surface area contributed by atoms with Crippen LogP contribution in [0.25, 0.3) is 0 Å². The molecule has 1 aliphatic rings. The van der Waals surface area contributed by atoms with Gasteiger partial charge >= 0.3 is 5.97 Å². The van der Waals surface area contributed by atoms with Crippen molar-refractivity contribution in [3.63, 3.8) is 0 Å². The average Bonchev–Trinajstić information content (AvgIpc) is 3.00. The fraction of sp³-hybridized carbons (Fsp3) is 0. The molecule has 0 bridgehead atoms. The highest BCUT2D eigenvalue weighted by Crippen LogP contribution is 2.28. The van der Waals surface area contributed by atoms with Crippen molar-refractivity contribution < 1.29 is 24.0 Å². The lowest BCUT2D eigenvalue weighted by Crippen LogP contribution is -2.32. The molecule has 30 heavy (non-hydrogen) atoms. The highest BCUT2D eigenvalue weighted by atomic mass is 35.5. The van der Waals surface area contributed by atoms with E-state index in [0.29, 0.717) is 10.1 Å². The van der Waals surface area contributed by atoms with Crippen LogP contribution in [0.4, 0.5) is 0 Å². The van der Waals surface area contributed by atoms with E-state index in [9.17, 15) is 19.6 Å². The number of halogens is 1. The van der Waals surface area contributed by atoms with Gasteiger partial charge in [-0.25, -0.2) is 4.79 Å². The minimum atomic E-state index is -0.911. The number of nitrogens with zero attached hydrogens (tertiary/aromatic N) is 2. The van der Waals surface area contributed by atoms with E-state index < -0.39 is 17.8 Å². The standard InChI is InChI=1S/C22H11ClN2O5/c23-15-8-9-19(14(10-15)12-24)29-16-5-3-4-13(11-16)22(28)30-25-20(26)17-6-1-2-7-18(17)21(25)27/h1-11H. The molecular weight excluding hydrogens is 408 g/mol. The zero-order valence-corrected chi connectivity index (χ0v) is 15.9. The Hall–Kier alpha value is -4.15. The molecule has 0 saturated carbocycles. The Labute approximate surface area is 175 Å². The van der Waals surface area contributed by atoms with Crippen LogP contribution < -0.4 is 4.74 Å². The monoisotopic (exact) mass is 418 g/mol. The minimum Gasteiger partial charge on any atom is -0.456 e. The molecule has 0 N–H and O–H groups in total. The summed E-state index contributed by atoms with van der Waals surface area (Å²) >= 11 is 5.88. The van der Waals surface area contributed by atoms with Gasteiger partial charge in [-0.2, -0.15) is 5.26 Å². The van der Waals surface area contributed by atoms with E-state index in [4.69, 9.17) is 21.2 Å². The molecule has 0 aromatic heterocycles. The summed E-state index contributed by atoms with van der Waals surface area (Å²) in [6.45, 7) is 0. The van der Waals surface area contributed by atoms with Gasteiger partial charge in [0.25, 0.3) is 11.8 Å². The van der Waals surface area contributed by atoms with Crippen LogP contribution in [0.3, 0.4) is 0 Å². The summed E-state index contributed by atoms with van der Waals surface area (Å²) in [4.78, 5) is 42.2. The summed E-state index contributed by atoms with van der Waals surface area (Å²) < 4.78 is 5.67. The number of rotatable bonds is 4. The number of hydrogen-bond donors (Lipinski definition) is 0. The number of benzene rings is 3. The molecule has 0 saturated heterocycles. The third kappa shape index (κ3) is 3.48. The SMILES string of the molecule is N#Cc1cc(Cl)ccc1Oc1cccc(C(=O)ON2C(=O)c3ccccc3C2=O)c1. The Morgan fingerprint density at radius 1 is 0.933 bits per heavy atom. The van der Waals surface area contributed by atoms with Crippen LogP contribution in [0.15, 0.2) is 66.7 Å². The normalized spacial score (nSPS) is 12.3. The summed E-state index contributed by atoms with van der Waals surface area (Å²) in [6, 6.07) is 18.7. The third-order valence-electron chi connectivity index (χ3n) is 4.29. The summed E-state index contributed by atoms with van der Waals surface area (Å²) in [5, 5.41) is 10.0. The molecule has 3 aromatic carbocycles. The highest BCUT2D eigenvalue weighted by Gasteiger charge is 2.38. The Morgan fingerprint density at radius 2 is 1.63 bits per heavy atom. The molecule has 8 heteroatoms. The first-order valence-corrected chi connectivity index (χ1v) is 9.03. The van der Waals surface area contributed by atoms with Crippen LogP contribution in [0, 0.1) is 11.3 Å². The van der Waals surface area contributed by atoms with Crippen LogP contribution in [-0.4, -0.2) is 22.8 Å². The van der Waals surface area contributed by atoms with Crippen molar-refractivity contribution in [3.8, 4) is 17.6 Å². The van der Waals surface area contributed by atoms with E-state index in [0.717, 1.165) is 0 Å². The van der Waals surface area contributed by atoms with E-state index >= 15 is 0 Å². The Morgan fingerprint density at radius 3 is 2.30 bits per heavy atom. The Balaban J connectivity index is 1.54. The first-order chi connectivity index (χ1) is 14.5. The molecular formula is C22H11ClN2O5. The molecule has 0 fully saturated rings. The van der Waals surface area contributed by atoms with Crippen molar-refractivity contribution in [1.82, 2.24) is 5.06 Å². The van der Waals surface area contributed by atoms with E-state index in [1.165, 1.54) is 42.5 Å². The minimum absolute atomic E-state index is 0.0523. The number of imide groups is 1. The van der Waals surface area contributed by atoms with Crippen LogP contribution in [0.2, 0.25) is 5.02 Å². The van der Waals surface area contributed by atoms with E-state index in [1.54, 1.807) is 24.3 Å². The molecule has 0 aliphatic carbocycles. The molecule has 3 aromatic rings. The maximum atomic E-state index is 12.5. The summed E-state index contributed by atoms with van der Waals surface area (Å²) in [7, 11) is 0. The highest BCUT2D eigenvalue weighted by molar-refractivity contribution is 6.30. The summed E-state index contributed by atoms with van der Waals surface area (Å²) in [5.41, 5.74) is 0.608. The van der Waals surface area contributed by atoms with Gasteiger partial charge in [0.2, 0.25) is 0 Å². The van der Waals surface area contributed by atoms with Gasteiger partial charge in [-0.05, 0) is 48.5 Å². The van der Waals surface area contributed by atoms with Crippen LogP contribution in [-0.2, 0) is 4.84 Å². The summed E-state index contributed by atoms with van der Waals surface area (Å²) in [6.07, 6.45) is 0. The van der Waals surface area contributed by atoms with Crippen molar-refractivity contribution in [2.45, 2.75) is 0 Å². The van der Waals surface area contributed by atoms with E-state index in [1.807, 2.05) is 6.07 Å². The maximum absolute atomic E-state index is 12.5. The van der Waals surface area contributed by atoms with Crippen LogP contribution in [0.5, 0.6) is 11.5 Å². The molecule has 2 amide bonds. The average molecular weight is 419 g/mol. The van der Waals surface area contributed by atoms with Gasteiger partial charge in [-0.3, -0.25) is 9.59 Å². The zero-order chi connectivity index (χ0) is 21.3. The maximum Gasteiger partial charge on any atom is 0.364 e. The topological polar surface area (TPSA) is 96.7 Å². The number of amides is 2. The molecule has 0 radical (unpaired) electrons. The molecule has 1 heterocycles. The first kappa shape index (κ1) is 19.2. The van der Waals surface area contributed by atoms with Gasteiger partial charge in [0, 0.05) is 5.02 Å². The van der Waals surface area contributed by atoms with Crippen molar-refractivity contribution in [2.75, 3.05) is 0 Å². The molecule has 0 spiro atoms. The lowest BCUT2D eigenvalue weighted by atomic mass is 10.1. The number of nitriles is 1. The van der Waals surface area contributed by atoms with Crippen LogP contribution in [0.1, 0.15) is 36.6 Å². The van der Waals surface area contributed by atoms with Gasteiger partial charge in [0.1, 0.15) is 17.6 Å². The number of ether oxygens (including phenoxy) is 1. The second-order valence-electron chi connectivity index (χ2n) is 6.21. The number of fused-ring (bicyclic) bond motifs is 1. The van der Waals surface area contributed by atoms with Gasteiger partial charge < -0.3 is 9.57 Å². The van der Waals surface area contributed by atoms with Crippen molar-refractivity contribution in [2.24, 2.45) is 0 Å². The van der Waals surface area contributed by atoms with Crippen molar-refractivity contribution >= 4 is 29.4 Å². The molecule has 146 valence electrons. The van der Waals surface area contributed by atoms with E-state index in [-0.39, 0.29) is 33.8 Å². The summed E-state index contributed by atoms with van der Waals surface area (Å²) in [5.74, 6) is -1.82. The Bertz CT molecular complexity index is 1210. The Kier molecular flexibility index (Phi) is 4.92. The van der Waals surface area contributed by atoms with Gasteiger partial charge in [-0.15, -0.1) is 0 Å². The number of hydrogen-bond acceptors (Lipinski definition) is 6. The van der Waals surface area contributed by atoms with Crippen LogP contribution >= 0.6 is 11.6 Å². The molecule has 7 nitrogen and oxygen atoms in total. The van der Waals surface area contributed by atoms with Crippen molar-refractivity contribution in [3.05, 3.63) is 94.0 Å². The number of carbonyl (C=O) groups is 3. The second-order valence-corrected chi connectivity index (χ2v) is 6.65. The molecule has 0 unspecified atom stereocenters. The molecule has 1 aliphatic heterocycles. The van der Waals surface area contributed by atoms with Gasteiger partial charge in [-0.1, -0.05) is 34.9 Å². The fourth-order valence-corrected chi connectivity index (χ4v) is 3.05. The predicted octanol–water partition coefficient (Wildman–Crippen LogP) is 4.37. The lowest BCUT2D eigenvalue weighted by molar-refractivity contribution is -0.0584. The predicted molar refractivity (Wildman–Crippen MR) is 105 cm³/mol. The lowest BCUT2D eigenvalue weighted by Gasteiger charge is -2.13. The fourth-order valence-electron chi connectivity index (χ4n) is 2.88. The largest absolute Gasteiger partial charge is 0.456 e. The quantitative estimate of drug-likeness (QED) is 0.583. The zero-order valence-electron chi connectivity index (χ0n) is 15.2. The molecule has 0 atom stereocenters. The van der Waals surface area contributed by atoms with Crippen molar-refractivity contribution in [1.29, 1.82) is 5.26 Å². The smallest absolute Gasteiger partial charge is 0.364 e. The van der Waals surface area contributed by atoms with Gasteiger partial charge in [0.15, 0.2) is 0 Å². The molecule has 4 rings (SSSR count). The second kappa shape index (κ2) is 7.70. The first-order valence-electron chi connectivity index (χ1n) is 8.65. The number of carbonyl (C=O) groups excluding carboxylic acids is 3. The van der Waals surface area contributed by atoms with E-state index in [2.05, 4.69) is 0 Å².